The third-order valence-electron chi connectivity index (χ3n) is 7.65. The highest BCUT2D eigenvalue weighted by Crippen LogP contribution is 2.41. The van der Waals surface area contributed by atoms with Crippen LogP contribution in [0.15, 0.2) is 35.1 Å². The Morgan fingerprint density at radius 1 is 1.20 bits per heavy atom. The monoisotopic (exact) mass is 410 g/mol. The van der Waals surface area contributed by atoms with Gasteiger partial charge in [0.2, 0.25) is 0 Å². The third-order valence-corrected chi connectivity index (χ3v) is 7.65. The van der Waals surface area contributed by atoms with E-state index in [1.807, 2.05) is 38.1 Å². The Labute approximate surface area is 179 Å². The summed E-state index contributed by atoms with van der Waals surface area (Å²) in [4.78, 5) is 26.4. The number of para-hydroxylation sites is 1. The van der Waals surface area contributed by atoms with Crippen LogP contribution in [0.1, 0.15) is 75.7 Å². The molecular formula is C25H36N3O2+. The molecule has 2 atom stereocenters. The van der Waals surface area contributed by atoms with Crippen LogP contribution in [-0.2, 0) is 0 Å². The minimum absolute atomic E-state index is 0.00255. The average Bonchev–Trinajstić information content (AvgIpc) is 2.88. The minimum Gasteiger partial charge on any atom is -0.349 e. The van der Waals surface area contributed by atoms with Crippen LogP contribution in [0, 0.1) is 0 Å². The van der Waals surface area contributed by atoms with E-state index in [1.165, 1.54) is 36.7 Å². The van der Waals surface area contributed by atoms with Crippen molar-refractivity contribution in [2.75, 3.05) is 13.6 Å². The fraction of sp³-hybridized carbons (Fsp3) is 0.600. The van der Waals surface area contributed by atoms with Gasteiger partial charge in [-0.25, -0.2) is 0 Å². The number of piperidine rings is 1. The number of quaternary nitrogens is 1. The fourth-order valence-electron chi connectivity index (χ4n) is 5.95. The second kappa shape index (κ2) is 8.18. The van der Waals surface area contributed by atoms with Crippen LogP contribution in [0.25, 0.3) is 10.9 Å². The number of carbonyl (C=O) groups excluding carboxylic acids is 1. The molecule has 2 aliphatic rings. The Balaban J connectivity index is 1.57. The van der Waals surface area contributed by atoms with Crippen molar-refractivity contribution in [1.82, 2.24) is 9.88 Å². The maximum absolute atomic E-state index is 13.2. The average molecular weight is 411 g/mol. The molecule has 0 spiro atoms. The molecule has 5 nitrogen and oxygen atoms in total. The molecule has 2 aromatic rings. The molecule has 0 saturated carbocycles. The van der Waals surface area contributed by atoms with Gasteiger partial charge in [-0.15, -0.1) is 0 Å². The van der Waals surface area contributed by atoms with E-state index in [4.69, 9.17) is 0 Å². The molecule has 1 aromatic carbocycles. The largest absolute Gasteiger partial charge is 0.349 e. The van der Waals surface area contributed by atoms with Crippen LogP contribution >= 0.6 is 0 Å². The van der Waals surface area contributed by atoms with Gasteiger partial charge in [-0.1, -0.05) is 31.5 Å². The zero-order valence-electron chi connectivity index (χ0n) is 18.9. The predicted octanol–water partition coefficient (Wildman–Crippen LogP) is 4.25. The highest BCUT2D eigenvalue weighted by atomic mass is 16.2. The molecule has 2 fully saturated rings. The number of hydrogen-bond acceptors (Lipinski definition) is 2. The Kier molecular flexibility index (Phi) is 5.75. The molecule has 30 heavy (non-hydrogen) atoms. The standard InChI is InChI=1S/C25H35N3O2/c1-5-6-13-28(4)20-11-12-21(28)16-19(15-20)26-24(29)22-14-18-9-7-8-10-23(18)27(17(2)3)25(22)30/h7-10,14,17,19-21H,5-6,11-13,15-16H2,1-4H3/p+1. The van der Waals surface area contributed by atoms with Crippen LogP contribution in [0.4, 0.5) is 0 Å². The van der Waals surface area contributed by atoms with Crippen LogP contribution in [0.3, 0.4) is 0 Å². The van der Waals surface area contributed by atoms with E-state index in [0.717, 1.165) is 23.7 Å². The topological polar surface area (TPSA) is 51.1 Å². The van der Waals surface area contributed by atoms with Crippen molar-refractivity contribution < 1.29 is 9.28 Å². The summed E-state index contributed by atoms with van der Waals surface area (Å²) < 4.78 is 2.92. The smallest absolute Gasteiger partial charge is 0.264 e. The first-order valence-electron chi connectivity index (χ1n) is 11.6. The molecule has 2 aliphatic heterocycles. The van der Waals surface area contributed by atoms with Gasteiger partial charge in [-0.3, -0.25) is 9.59 Å². The summed E-state index contributed by atoms with van der Waals surface area (Å²) in [6, 6.07) is 11.0. The molecular weight excluding hydrogens is 374 g/mol. The number of nitrogens with one attached hydrogen (secondary N) is 1. The molecule has 1 N–H and O–H groups in total. The Morgan fingerprint density at radius 3 is 2.50 bits per heavy atom. The van der Waals surface area contributed by atoms with Crippen molar-refractivity contribution in [3.63, 3.8) is 0 Å². The van der Waals surface area contributed by atoms with Crippen LogP contribution in [0.2, 0.25) is 0 Å². The van der Waals surface area contributed by atoms with E-state index in [1.54, 1.807) is 10.6 Å². The normalized spacial score (nSPS) is 28.2. The van der Waals surface area contributed by atoms with Crippen LogP contribution in [0.5, 0.6) is 0 Å². The summed E-state index contributed by atoms with van der Waals surface area (Å²) >= 11 is 0. The van der Waals surface area contributed by atoms with Crippen molar-refractivity contribution in [3.8, 4) is 0 Å². The number of pyridine rings is 1. The molecule has 0 radical (unpaired) electrons. The second-order valence-corrected chi connectivity index (χ2v) is 9.84. The van der Waals surface area contributed by atoms with E-state index < -0.39 is 0 Å². The highest BCUT2D eigenvalue weighted by Gasteiger charge is 2.51. The van der Waals surface area contributed by atoms with Gasteiger partial charge in [0.05, 0.1) is 31.2 Å². The van der Waals surface area contributed by atoms with Crippen molar-refractivity contribution in [2.45, 2.75) is 83.5 Å². The van der Waals surface area contributed by atoms with E-state index in [0.29, 0.717) is 12.1 Å². The van der Waals surface area contributed by atoms with Crippen LogP contribution in [-0.4, -0.2) is 46.7 Å². The van der Waals surface area contributed by atoms with Crippen molar-refractivity contribution >= 4 is 16.8 Å². The van der Waals surface area contributed by atoms with Gasteiger partial charge >= 0.3 is 0 Å². The Bertz CT molecular complexity index is 980. The lowest BCUT2D eigenvalue weighted by Gasteiger charge is -2.47. The van der Waals surface area contributed by atoms with Gasteiger partial charge in [0.1, 0.15) is 5.56 Å². The highest BCUT2D eigenvalue weighted by molar-refractivity contribution is 5.97. The maximum Gasteiger partial charge on any atom is 0.264 e. The quantitative estimate of drug-likeness (QED) is 0.724. The molecule has 1 amide bonds. The van der Waals surface area contributed by atoms with E-state index >= 15 is 0 Å². The number of fused-ring (bicyclic) bond motifs is 3. The molecule has 1 aromatic heterocycles. The zero-order chi connectivity index (χ0) is 21.5. The summed E-state index contributed by atoms with van der Waals surface area (Å²) in [6.07, 6.45) is 7.06. The van der Waals surface area contributed by atoms with Gasteiger partial charge in [-0.2, -0.15) is 0 Å². The number of nitrogens with zero attached hydrogens (tertiary/aromatic N) is 2. The number of carbonyl (C=O) groups is 1. The summed E-state index contributed by atoms with van der Waals surface area (Å²) in [7, 11) is 2.42. The molecule has 3 heterocycles. The molecule has 4 rings (SSSR count). The minimum atomic E-state index is -0.214. The molecule has 2 saturated heterocycles. The Morgan fingerprint density at radius 2 is 1.87 bits per heavy atom. The lowest BCUT2D eigenvalue weighted by atomic mass is 9.93. The number of rotatable bonds is 6. The summed E-state index contributed by atoms with van der Waals surface area (Å²) in [5.41, 5.74) is 0.959. The lowest BCUT2D eigenvalue weighted by Crippen LogP contribution is -2.61. The molecule has 0 aliphatic carbocycles. The molecule has 162 valence electrons. The van der Waals surface area contributed by atoms with E-state index in [-0.39, 0.29) is 29.1 Å². The van der Waals surface area contributed by atoms with Crippen molar-refractivity contribution in [3.05, 3.63) is 46.2 Å². The molecule has 5 heteroatoms. The second-order valence-electron chi connectivity index (χ2n) is 9.84. The fourth-order valence-corrected chi connectivity index (χ4v) is 5.95. The summed E-state index contributed by atoms with van der Waals surface area (Å²) in [6.45, 7) is 7.48. The van der Waals surface area contributed by atoms with Gasteiger partial charge in [0.15, 0.2) is 0 Å². The number of benzene rings is 1. The Hall–Kier alpha value is -2.14. The predicted molar refractivity (Wildman–Crippen MR) is 122 cm³/mol. The van der Waals surface area contributed by atoms with Gasteiger partial charge < -0.3 is 14.4 Å². The maximum atomic E-state index is 13.2. The number of unbranched alkanes of at least 4 members (excludes halogenated alkanes) is 1. The SMILES string of the molecule is CCCC[N+]1(C)C2CCC1CC(NC(=O)c1cc3ccccc3n(C(C)C)c1=O)C2. The third kappa shape index (κ3) is 3.58. The molecule has 2 bridgehead atoms. The first kappa shape index (κ1) is 21.1. The van der Waals surface area contributed by atoms with Gasteiger partial charge in [0.25, 0.3) is 11.5 Å². The number of hydrogen-bond donors (Lipinski definition) is 1. The van der Waals surface area contributed by atoms with Crippen molar-refractivity contribution in [1.29, 1.82) is 0 Å². The summed E-state index contributed by atoms with van der Waals surface area (Å²) in [5, 5.41) is 4.17. The first-order chi connectivity index (χ1) is 14.3. The van der Waals surface area contributed by atoms with E-state index in [9.17, 15) is 9.59 Å². The lowest BCUT2D eigenvalue weighted by molar-refractivity contribution is -0.948. The zero-order valence-corrected chi connectivity index (χ0v) is 18.9. The van der Waals surface area contributed by atoms with Crippen molar-refractivity contribution in [2.24, 2.45) is 0 Å². The van der Waals surface area contributed by atoms with E-state index in [2.05, 4.69) is 19.3 Å². The molecule has 2 unspecified atom stereocenters. The number of amides is 1. The van der Waals surface area contributed by atoms with Crippen LogP contribution < -0.4 is 10.9 Å². The van der Waals surface area contributed by atoms with Gasteiger partial charge in [0, 0.05) is 37.8 Å². The van der Waals surface area contributed by atoms with Gasteiger partial charge in [-0.05, 0) is 37.8 Å². The summed E-state index contributed by atoms with van der Waals surface area (Å²) in [5.74, 6) is -0.214. The number of aromatic nitrogens is 1. The first-order valence-corrected chi connectivity index (χ1v) is 11.6.